The van der Waals surface area contributed by atoms with Crippen LogP contribution < -0.4 is 0 Å². The number of hydrogen-bond acceptors (Lipinski definition) is 3. The number of aromatic nitrogens is 2. The summed E-state index contributed by atoms with van der Waals surface area (Å²) in [7, 11) is 1.82. The molecule has 0 bridgehead atoms. The van der Waals surface area contributed by atoms with Gasteiger partial charge in [-0.15, -0.1) is 11.3 Å². The molecule has 0 radical (unpaired) electrons. The Morgan fingerprint density at radius 2 is 2.33 bits per heavy atom. The number of ketones is 1. The van der Waals surface area contributed by atoms with Gasteiger partial charge in [-0.25, -0.2) is 0 Å². The summed E-state index contributed by atoms with van der Waals surface area (Å²) >= 11 is 11.0. The number of hydrogen-bond donors (Lipinski definition) is 0. The van der Waals surface area contributed by atoms with Gasteiger partial charge < -0.3 is 0 Å². The minimum absolute atomic E-state index is 0.0597. The maximum atomic E-state index is 12.2. The van der Waals surface area contributed by atoms with Crippen LogP contribution in [0.15, 0.2) is 15.9 Å². The number of carbonyl (C=O) groups excluding carboxylic acids is 1. The van der Waals surface area contributed by atoms with E-state index in [1.54, 1.807) is 4.68 Å². The number of rotatable bonds is 4. The smallest absolute Gasteiger partial charge is 0.179 e. The molecule has 0 N–H and O–H groups in total. The molecule has 0 aliphatic heterocycles. The van der Waals surface area contributed by atoms with Gasteiger partial charge in [-0.1, -0.05) is 18.5 Å². The third kappa shape index (κ3) is 2.53. The minimum Gasteiger partial charge on any atom is -0.293 e. The molecule has 0 aromatic carbocycles. The van der Waals surface area contributed by atoms with Gasteiger partial charge in [0.1, 0.15) is 0 Å². The van der Waals surface area contributed by atoms with Crippen molar-refractivity contribution in [3.8, 4) is 0 Å². The van der Waals surface area contributed by atoms with Crippen molar-refractivity contribution in [1.29, 1.82) is 0 Å². The highest BCUT2D eigenvalue weighted by atomic mass is 79.9. The molecule has 0 fully saturated rings. The Balaban J connectivity index is 2.27. The molecule has 6 heteroatoms. The fraction of sp³-hybridized carbons (Fsp3) is 0.333. The van der Waals surface area contributed by atoms with Gasteiger partial charge in [0, 0.05) is 11.5 Å². The molecule has 0 atom stereocenters. The molecule has 2 heterocycles. The van der Waals surface area contributed by atoms with Gasteiger partial charge in [0.2, 0.25) is 0 Å². The van der Waals surface area contributed by atoms with E-state index in [0.29, 0.717) is 5.02 Å². The number of Topliss-reactive ketones (excluding diaryl/α,β-unsaturated/α-hetero) is 1. The minimum atomic E-state index is 0.0597. The van der Waals surface area contributed by atoms with Crippen molar-refractivity contribution >= 4 is 44.7 Å². The monoisotopic (exact) mass is 346 g/mol. The predicted molar refractivity (Wildman–Crippen MR) is 77.6 cm³/mol. The van der Waals surface area contributed by atoms with E-state index in [-0.39, 0.29) is 12.2 Å². The highest BCUT2D eigenvalue weighted by molar-refractivity contribution is 9.10. The van der Waals surface area contributed by atoms with Crippen LogP contribution in [0.4, 0.5) is 0 Å². The van der Waals surface area contributed by atoms with Gasteiger partial charge in [0.25, 0.3) is 0 Å². The van der Waals surface area contributed by atoms with Gasteiger partial charge in [-0.05, 0) is 33.8 Å². The van der Waals surface area contributed by atoms with Crippen LogP contribution in [0.1, 0.15) is 28.0 Å². The Morgan fingerprint density at radius 3 is 2.83 bits per heavy atom. The van der Waals surface area contributed by atoms with Gasteiger partial charge in [-0.3, -0.25) is 9.48 Å². The molecule has 2 aromatic heterocycles. The van der Waals surface area contributed by atoms with Crippen molar-refractivity contribution in [2.24, 2.45) is 7.05 Å². The molecule has 2 aromatic rings. The molecule has 96 valence electrons. The lowest BCUT2D eigenvalue weighted by atomic mass is 10.1. The Kier molecular flexibility index (Phi) is 4.25. The van der Waals surface area contributed by atoms with E-state index in [0.717, 1.165) is 27.2 Å². The fourth-order valence-electron chi connectivity index (χ4n) is 1.74. The third-order valence-corrected chi connectivity index (χ3v) is 5.02. The van der Waals surface area contributed by atoms with Gasteiger partial charge in [0.15, 0.2) is 5.78 Å². The lowest BCUT2D eigenvalue weighted by Crippen LogP contribution is -2.07. The summed E-state index contributed by atoms with van der Waals surface area (Å²) in [6, 6.07) is 1.88. The van der Waals surface area contributed by atoms with Crippen LogP contribution in [0.2, 0.25) is 5.02 Å². The maximum absolute atomic E-state index is 12.2. The normalized spacial score (nSPS) is 10.9. The van der Waals surface area contributed by atoms with Gasteiger partial charge >= 0.3 is 0 Å². The molecule has 0 saturated carbocycles. The molecule has 0 saturated heterocycles. The van der Waals surface area contributed by atoms with Crippen molar-refractivity contribution in [3.63, 3.8) is 0 Å². The SMILES string of the molecule is CCc1nn(C)c(CC(=O)c2sccc2Br)c1Cl. The van der Waals surface area contributed by atoms with Crippen molar-refractivity contribution in [3.05, 3.63) is 37.2 Å². The largest absolute Gasteiger partial charge is 0.293 e. The second-order valence-corrected chi connectivity index (χ2v) is 6.03. The van der Waals surface area contributed by atoms with Crippen molar-refractivity contribution in [1.82, 2.24) is 9.78 Å². The standard InChI is InChI=1S/C12H12BrClN2OS/c1-3-8-11(14)9(16(2)15-8)6-10(17)12-7(13)4-5-18-12/h4-5H,3,6H2,1-2H3. The molecule has 0 spiro atoms. The van der Waals surface area contributed by atoms with E-state index < -0.39 is 0 Å². The number of aryl methyl sites for hydroxylation is 2. The van der Waals surface area contributed by atoms with Crippen LogP contribution in [0.5, 0.6) is 0 Å². The Morgan fingerprint density at radius 1 is 1.61 bits per heavy atom. The second-order valence-electron chi connectivity index (χ2n) is 3.88. The van der Waals surface area contributed by atoms with E-state index in [2.05, 4.69) is 21.0 Å². The summed E-state index contributed by atoms with van der Waals surface area (Å²) in [6.07, 6.45) is 1.05. The van der Waals surface area contributed by atoms with Crippen LogP contribution in [0.3, 0.4) is 0 Å². The van der Waals surface area contributed by atoms with Crippen LogP contribution >= 0.6 is 38.9 Å². The van der Waals surface area contributed by atoms with Crippen LogP contribution in [0.25, 0.3) is 0 Å². The quantitative estimate of drug-likeness (QED) is 0.787. The van der Waals surface area contributed by atoms with E-state index in [4.69, 9.17) is 11.6 Å². The molecule has 0 aliphatic carbocycles. The van der Waals surface area contributed by atoms with E-state index in [1.165, 1.54) is 11.3 Å². The van der Waals surface area contributed by atoms with E-state index in [1.807, 2.05) is 25.4 Å². The first kappa shape index (κ1) is 13.8. The highest BCUT2D eigenvalue weighted by Gasteiger charge is 2.19. The zero-order valence-corrected chi connectivity index (χ0v) is 13.2. The van der Waals surface area contributed by atoms with Crippen LogP contribution in [-0.4, -0.2) is 15.6 Å². The van der Waals surface area contributed by atoms with Crippen molar-refractivity contribution in [2.45, 2.75) is 19.8 Å². The topological polar surface area (TPSA) is 34.9 Å². The Labute approximate surface area is 123 Å². The van der Waals surface area contributed by atoms with Crippen LogP contribution in [-0.2, 0) is 19.9 Å². The van der Waals surface area contributed by atoms with Gasteiger partial charge in [-0.2, -0.15) is 5.10 Å². The number of halogens is 2. The van der Waals surface area contributed by atoms with E-state index in [9.17, 15) is 4.79 Å². The molecule has 18 heavy (non-hydrogen) atoms. The molecule has 0 aliphatic rings. The molecular weight excluding hydrogens is 336 g/mol. The fourth-order valence-corrected chi connectivity index (χ4v) is 3.63. The molecule has 0 unspecified atom stereocenters. The first-order chi connectivity index (χ1) is 8.54. The molecule has 0 amide bonds. The summed E-state index contributed by atoms with van der Waals surface area (Å²) in [5, 5.41) is 6.81. The lowest BCUT2D eigenvalue weighted by molar-refractivity contribution is 0.0994. The zero-order valence-electron chi connectivity index (χ0n) is 10.0. The summed E-state index contributed by atoms with van der Waals surface area (Å²) in [5.41, 5.74) is 1.62. The Hall–Kier alpha value is -0.650. The molecular formula is C12H12BrClN2OS. The van der Waals surface area contributed by atoms with E-state index >= 15 is 0 Å². The summed E-state index contributed by atoms with van der Waals surface area (Å²) in [4.78, 5) is 12.9. The molecule has 3 nitrogen and oxygen atoms in total. The average Bonchev–Trinajstić information content (AvgIpc) is 2.87. The second kappa shape index (κ2) is 5.55. The van der Waals surface area contributed by atoms with Gasteiger partial charge in [0.05, 0.1) is 27.7 Å². The summed E-state index contributed by atoms with van der Waals surface area (Å²) in [6.45, 7) is 2.00. The van der Waals surface area contributed by atoms with Crippen molar-refractivity contribution in [2.75, 3.05) is 0 Å². The first-order valence-corrected chi connectivity index (χ1v) is 7.56. The third-order valence-electron chi connectivity index (χ3n) is 2.70. The number of carbonyl (C=O) groups is 1. The zero-order chi connectivity index (χ0) is 13.3. The number of thiophene rings is 1. The lowest BCUT2D eigenvalue weighted by Gasteiger charge is -2.01. The Bertz CT molecular complexity index is 591. The predicted octanol–water partition coefficient (Wildman–Crippen LogP) is 3.89. The highest BCUT2D eigenvalue weighted by Crippen LogP contribution is 2.27. The number of nitrogens with zero attached hydrogens (tertiary/aromatic N) is 2. The first-order valence-electron chi connectivity index (χ1n) is 5.51. The maximum Gasteiger partial charge on any atom is 0.179 e. The average molecular weight is 348 g/mol. The summed E-state index contributed by atoms with van der Waals surface area (Å²) < 4.78 is 2.53. The molecule has 2 rings (SSSR count). The summed E-state index contributed by atoms with van der Waals surface area (Å²) in [5.74, 6) is 0.0597. The van der Waals surface area contributed by atoms with Crippen molar-refractivity contribution < 1.29 is 4.79 Å². The van der Waals surface area contributed by atoms with Crippen LogP contribution in [0, 0.1) is 0 Å².